The number of halogens is 2. The van der Waals surface area contributed by atoms with Crippen LogP contribution < -0.4 is 0 Å². The summed E-state index contributed by atoms with van der Waals surface area (Å²) in [5.41, 5.74) is 0.217. The molecule has 1 aromatic rings. The van der Waals surface area contributed by atoms with E-state index in [0.29, 0.717) is 0 Å². The van der Waals surface area contributed by atoms with Crippen LogP contribution in [-0.2, 0) is 4.79 Å². The Morgan fingerprint density at radius 1 is 1.50 bits per heavy atom. The van der Waals surface area contributed by atoms with Crippen molar-refractivity contribution in [2.45, 2.75) is 5.92 Å². The van der Waals surface area contributed by atoms with E-state index in [0.717, 1.165) is 0 Å². The van der Waals surface area contributed by atoms with Crippen molar-refractivity contribution in [3.05, 3.63) is 33.8 Å². The molecule has 0 saturated heterocycles. The fourth-order valence-electron chi connectivity index (χ4n) is 1.00. The van der Waals surface area contributed by atoms with Gasteiger partial charge in [-0.1, -0.05) is 35.3 Å². The number of carboxylic acid groups (broad SMARTS) is 1. The summed E-state index contributed by atoms with van der Waals surface area (Å²) < 4.78 is 0. The van der Waals surface area contributed by atoms with Crippen molar-refractivity contribution < 1.29 is 9.90 Å². The number of nitrogens with zero attached hydrogens (tertiary/aromatic N) is 1. The second kappa shape index (κ2) is 4.32. The molecule has 0 saturated carbocycles. The molecule has 0 fully saturated rings. The van der Waals surface area contributed by atoms with E-state index in [4.69, 9.17) is 33.6 Å². The van der Waals surface area contributed by atoms with E-state index in [9.17, 15) is 4.79 Å². The van der Waals surface area contributed by atoms with Gasteiger partial charge in [0.2, 0.25) is 0 Å². The van der Waals surface area contributed by atoms with Crippen molar-refractivity contribution in [2.24, 2.45) is 0 Å². The third kappa shape index (κ3) is 1.98. The Morgan fingerprint density at radius 3 is 2.64 bits per heavy atom. The summed E-state index contributed by atoms with van der Waals surface area (Å²) in [5.74, 6) is -2.52. The van der Waals surface area contributed by atoms with Gasteiger partial charge in [-0.05, 0) is 6.07 Å². The van der Waals surface area contributed by atoms with Crippen LogP contribution in [0.4, 0.5) is 0 Å². The molecule has 0 radical (unpaired) electrons. The lowest BCUT2D eigenvalue weighted by molar-refractivity contribution is -0.137. The van der Waals surface area contributed by atoms with Crippen LogP contribution in [0.2, 0.25) is 10.0 Å². The number of carbonyl (C=O) groups is 1. The first kappa shape index (κ1) is 10.8. The Morgan fingerprint density at radius 2 is 2.14 bits per heavy atom. The first-order chi connectivity index (χ1) is 6.57. The summed E-state index contributed by atoms with van der Waals surface area (Å²) >= 11 is 11.4. The van der Waals surface area contributed by atoms with Gasteiger partial charge in [0.15, 0.2) is 5.92 Å². The Hall–Kier alpha value is -1.24. The molecular formula is C9H5Cl2NO2. The molecule has 0 aliphatic heterocycles. The van der Waals surface area contributed by atoms with Crippen molar-refractivity contribution in [1.82, 2.24) is 0 Å². The van der Waals surface area contributed by atoms with E-state index in [-0.39, 0.29) is 15.6 Å². The lowest BCUT2D eigenvalue weighted by atomic mass is 10.0. The number of carboxylic acids is 1. The minimum Gasteiger partial charge on any atom is -0.480 e. The van der Waals surface area contributed by atoms with Crippen molar-refractivity contribution in [3.63, 3.8) is 0 Å². The summed E-state index contributed by atoms with van der Waals surface area (Å²) in [5, 5.41) is 17.7. The van der Waals surface area contributed by atoms with Crippen molar-refractivity contribution in [1.29, 1.82) is 5.26 Å². The van der Waals surface area contributed by atoms with Crippen molar-refractivity contribution in [2.75, 3.05) is 0 Å². The minimum absolute atomic E-state index is 0.114. The zero-order valence-corrected chi connectivity index (χ0v) is 8.38. The van der Waals surface area contributed by atoms with Crippen LogP contribution in [-0.4, -0.2) is 11.1 Å². The van der Waals surface area contributed by atoms with Gasteiger partial charge < -0.3 is 5.11 Å². The van der Waals surface area contributed by atoms with Gasteiger partial charge in [0.25, 0.3) is 0 Å². The van der Waals surface area contributed by atoms with Gasteiger partial charge >= 0.3 is 5.97 Å². The van der Waals surface area contributed by atoms with E-state index >= 15 is 0 Å². The molecule has 0 aliphatic carbocycles. The molecule has 5 heteroatoms. The molecule has 0 bridgehead atoms. The molecule has 0 aromatic heterocycles. The highest BCUT2D eigenvalue weighted by Crippen LogP contribution is 2.30. The largest absolute Gasteiger partial charge is 0.480 e. The number of rotatable bonds is 2. The average Bonchev–Trinajstić information content (AvgIpc) is 2.13. The van der Waals surface area contributed by atoms with Crippen LogP contribution in [0.15, 0.2) is 18.2 Å². The quantitative estimate of drug-likeness (QED) is 0.849. The summed E-state index contributed by atoms with van der Waals surface area (Å²) in [4.78, 5) is 10.7. The Bertz CT molecular complexity index is 412. The van der Waals surface area contributed by atoms with Crippen LogP contribution in [0.3, 0.4) is 0 Å². The predicted octanol–water partition coefficient (Wildman–Crippen LogP) is 2.69. The third-order valence-electron chi connectivity index (χ3n) is 1.67. The summed E-state index contributed by atoms with van der Waals surface area (Å²) in [6.07, 6.45) is 0. The molecule has 0 heterocycles. The highest BCUT2D eigenvalue weighted by atomic mass is 35.5. The van der Waals surface area contributed by atoms with E-state index < -0.39 is 11.9 Å². The van der Waals surface area contributed by atoms with Crippen LogP contribution in [0.1, 0.15) is 11.5 Å². The molecule has 1 unspecified atom stereocenters. The SMILES string of the molecule is N#CC(C(=O)O)c1cccc(Cl)c1Cl. The normalized spacial score (nSPS) is 11.8. The Labute approximate surface area is 90.5 Å². The maximum atomic E-state index is 10.7. The molecule has 1 rings (SSSR count). The summed E-state index contributed by atoms with van der Waals surface area (Å²) in [6.45, 7) is 0. The molecule has 1 N–H and O–H groups in total. The monoisotopic (exact) mass is 229 g/mol. The molecule has 3 nitrogen and oxygen atoms in total. The van der Waals surface area contributed by atoms with E-state index in [1.165, 1.54) is 12.1 Å². The maximum absolute atomic E-state index is 10.7. The van der Waals surface area contributed by atoms with Gasteiger partial charge in [-0.15, -0.1) is 0 Å². The van der Waals surface area contributed by atoms with Crippen LogP contribution in [0.5, 0.6) is 0 Å². The minimum atomic E-state index is -1.28. The van der Waals surface area contributed by atoms with Crippen molar-refractivity contribution in [3.8, 4) is 6.07 Å². The molecular weight excluding hydrogens is 225 g/mol. The summed E-state index contributed by atoms with van der Waals surface area (Å²) in [7, 11) is 0. The van der Waals surface area contributed by atoms with E-state index in [1.54, 1.807) is 12.1 Å². The number of nitriles is 1. The lowest BCUT2D eigenvalue weighted by Gasteiger charge is -2.07. The third-order valence-corrected chi connectivity index (χ3v) is 2.50. The topological polar surface area (TPSA) is 61.1 Å². The van der Waals surface area contributed by atoms with Crippen LogP contribution in [0, 0.1) is 11.3 Å². The Kier molecular flexibility index (Phi) is 3.34. The van der Waals surface area contributed by atoms with Crippen LogP contribution in [0.25, 0.3) is 0 Å². The van der Waals surface area contributed by atoms with Crippen LogP contribution >= 0.6 is 23.2 Å². The predicted molar refractivity (Wildman–Crippen MR) is 52.5 cm³/mol. The fourth-order valence-corrected chi connectivity index (χ4v) is 1.42. The molecule has 14 heavy (non-hydrogen) atoms. The van der Waals surface area contributed by atoms with Gasteiger partial charge in [-0.3, -0.25) is 4.79 Å². The molecule has 0 spiro atoms. The average molecular weight is 230 g/mol. The molecule has 1 atom stereocenters. The van der Waals surface area contributed by atoms with E-state index in [1.807, 2.05) is 0 Å². The summed E-state index contributed by atoms with van der Waals surface area (Å²) in [6, 6.07) is 6.20. The molecule has 1 aromatic carbocycles. The number of benzene rings is 1. The van der Waals surface area contributed by atoms with Gasteiger partial charge in [-0.25, -0.2) is 0 Å². The highest BCUT2D eigenvalue weighted by Gasteiger charge is 2.22. The smallest absolute Gasteiger partial charge is 0.325 e. The molecule has 0 amide bonds. The standard InChI is InChI=1S/C9H5Cl2NO2/c10-7-3-1-2-5(8(7)11)6(4-12)9(13)14/h1-3,6H,(H,13,14). The second-order valence-electron chi connectivity index (χ2n) is 2.54. The van der Waals surface area contributed by atoms with Gasteiger partial charge in [0, 0.05) is 5.56 Å². The lowest BCUT2D eigenvalue weighted by Crippen LogP contribution is -2.09. The van der Waals surface area contributed by atoms with Gasteiger partial charge in [0.05, 0.1) is 16.1 Å². The maximum Gasteiger partial charge on any atom is 0.325 e. The fraction of sp³-hybridized carbons (Fsp3) is 0.111. The van der Waals surface area contributed by atoms with Crippen molar-refractivity contribution >= 4 is 29.2 Å². The second-order valence-corrected chi connectivity index (χ2v) is 3.33. The molecule has 0 aliphatic rings. The number of hydrogen-bond acceptors (Lipinski definition) is 2. The zero-order chi connectivity index (χ0) is 10.7. The number of aliphatic carboxylic acids is 1. The molecule has 72 valence electrons. The highest BCUT2D eigenvalue weighted by molar-refractivity contribution is 6.42. The zero-order valence-electron chi connectivity index (χ0n) is 6.87. The van der Waals surface area contributed by atoms with Gasteiger partial charge in [-0.2, -0.15) is 5.26 Å². The number of hydrogen-bond donors (Lipinski definition) is 1. The first-order valence-corrected chi connectivity index (χ1v) is 4.40. The Balaban J connectivity index is 3.25. The first-order valence-electron chi connectivity index (χ1n) is 3.64. The van der Waals surface area contributed by atoms with Gasteiger partial charge in [0.1, 0.15) is 0 Å². The van der Waals surface area contributed by atoms with E-state index in [2.05, 4.69) is 0 Å².